The Balaban J connectivity index is 1.42. The van der Waals surface area contributed by atoms with Gasteiger partial charge in [-0.15, -0.1) is 0 Å². The molecular formula is C18H21ClN4O2. The molecule has 1 saturated carbocycles. The van der Waals surface area contributed by atoms with Gasteiger partial charge in [-0.1, -0.05) is 41.7 Å². The van der Waals surface area contributed by atoms with Crippen LogP contribution < -0.4 is 10.6 Å². The van der Waals surface area contributed by atoms with Crippen molar-refractivity contribution in [2.24, 2.45) is 11.3 Å². The monoisotopic (exact) mass is 360 g/mol. The number of amides is 1. The number of hydrogen-bond donors (Lipinski definition) is 2. The predicted molar refractivity (Wildman–Crippen MR) is 93.9 cm³/mol. The van der Waals surface area contributed by atoms with Crippen molar-refractivity contribution < 1.29 is 9.32 Å². The van der Waals surface area contributed by atoms with Crippen molar-refractivity contribution in [3.8, 4) is 11.4 Å². The number of aromatic nitrogens is 2. The Labute approximate surface area is 151 Å². The van der Waals surface area contributed by atoms with Crippen molar-refractivity contribution in [1.29, 1.82) is 0 Å². The number of benzene rings is 1. The quantitative estimate of drug-likeness (QED) is 0.876. The van der Waals surface area contributed by atoms with Crippen molar-refractivity contribution in [3.63, 3.8) is 0 Å². The van der Waals surface area contributed by atoms with Gasteiger partial charge in [-0.2, -0.15) is 4.98 Å². The molecule has 1 aromatic heterocycles. The van der Waals surface area contributed by atoms with Crippen LogP contribution in [0.25, 0.3) is 11.4 Å². The molecule has 2 N–H and O–H groups in total. The molecule has 1 amide bonds. The van der Waals surface area contributed by atoms with Crippen molar-refractivity contribution in [3.05, 3.63) is 35.2 Å². The standard InChI is InChI=1S/C18H21ClN4O2/c19-14-6-3-4-12(8-14)16-22-15(25-23-16)10-21-17(24)18-7-2-1-5-13(18)9-20-11-18/h3-4,6,8,13,20H,1-2,5,7,9-11H2,(H,21,24)/t13-,18+/m0/s1. The molecule has 0 unspecified atom stereocenters. The molecule has 2 fully saturated rings. The number of nitrogens with zero attached hydrogens (tertiary/aromatic N) is 2. The Morgan fingerprint density at radius 2 is 2.36 bits per heavy atom. The van der Waals surface area contributed by atoms with Crippen molar-refractivity contribution in [2.45, 2.75) is 32.2 Å². The minimum absolute atomic E-state index is 0.102. The second-order valence-corrected chi connectivity index (χ2v) is 7.37. The Bertz CT molecular complexity index is 778. The first-order chi connectivity index (χ1) is 12.2. The van der Waals surface area contributed by atoms with Gasteiger partial charge in [0.15, 0.2) is 0 Å². The van der Waals surface area contributed by atoms with Crippen LogP contribution in [-0.2, 0) is 11.3 Å². The first-order valence-corrected chi connectivity index (χ1v) is 9.13. The zero-order valence-corrected chi connectivity index (χ0v) is 14.7. The minimum atomic E-state index is -0.270. The fraction of sp³-hybridized carbons (Fsp3) is 0.500. The fourth-order valence-corrected chi connectivity index (χ4v) is 4.28. The summed E-state index contributed by atoms with van der Waals surface area (Å²) in [5, 5.41) is 11.0. The highest BCUT2D eigenvalue weighted by molar-refractivity contribution is 6.30. The van der Waals surface area contributed by atoms with Crippen LogP contribution in [0.1, 0.15) is 31.6 Å². The molecule has 2 aliphatic rings. The van der Waals surface area contributed by atoms with E-state index in [1.165, 1.54) is 6.42 Å². The van der Waals surface area contributed by atoms with Gasteiger partial charge in [-0.3, -0.25) is 4.79 Å². The Morgan fingerprint density at radius 1 is 1.44 bits per heavy atom. The molecule has 1 aromatic carbocycles. The van der Waals surface area contributed by atoms with E-state index in [2.05, 4.69) is 20.8 Å². The maximum atomic E-state index is 12.8. The Kier molecular flexibility index (Phi) is 4.48. The number of halogens is 1. The van der Waals surface area contributed by atoms with Crippen LogP contribution in [0.4, 0.5) is 0 Å². The van der Waals surface area contributed by atoms with Crippen LogP contribution in [-0.4, -0.2) is 29.1 Å². The van der Waals surface area contributed by atoms with E-state index in [9.17, 15) is 4.79 Å². The van der Waals surface area contributed by atoms with Crippen LogP contribution >= 0.6 is 11.6 Å². The third-order valence-corrected chi connectivity index (χ3v) is 5.68. The topological polar surface area (TPSA) is 80.1 Å². The summed E-state index contributed by atoms with van der Waals surface area (Å²) in [7, 11) is 0. The number of rotatable bonds is 4. The maximum absolute atomic E-state index is 12.8. The van der Waals surface area contributed by atoms with E-state index in [1.54, 1.807) is 12.1 Å². The summed E-state index contributed by atoms with van der Waals surface area (Å²) >= 11 is 5.99. The third kappa shape index (κ3) is 3.16. The molecule has 1 aliphatic carbocycles. The molecular weight excluding hydrogens is 340 g/mol. The van der Waals surface area contributed by atoms with Gasteiger partial charge in [0.1, 0.15) is 0 Å². The zero-order chi connectivity index (χ0) is 17.3. The molecule has 6 nitrogen and oxygen atoms in total. The first-order valence-electron chi connectivity index (χ1n) is 8.75. The number of hydrogen-bond acceptors (Lipinski definition) is 5. The molecule has 2 heterocycles. The minimum Gasteiger partial charge on any atom is -0.346 e. The van der Waals surface area contributed by atoms with Crippen LogP contribution in [0.3, 0.4) is 0 Å². The summed E-state index contributed by atoms with van der Waals surface area (Å²) in [6.45, 7) is 1.95. The van der Waals surface area contributed by atoms with Gasteiger partial charge in [0.2, 0.25) is 17.6 Å². The summed E-state index contributed by atoms with van der Waals surface area (Å²) in [5.41, 5.74) is 0.522. The average Bonchev–Trinajstić information content (AvgIpc) is 3.27. The van der Waals surface area contributed by atoms with E-state index >= 15 is 0 Å². The molecule has 0 bridgehead atoms. The smallest absolute Gasteiger partial charge is 0.246 e. The van der Waals surface area contributed by atoms with Crippen molar-refractivity contribution in [2.75, 3.05) is 13.1 Å². The van der Waals surface area contributed by atoms with E-state index in [4.69, 9.17) is 16.1 Å². The van der Waals surface area contributed by atoms with Gasteiger partial charge in [0, 0.05) is 17.1 Å². The highest BCUT2D eigenvalue weighted by atomic mass is 35.5. The van der Waals surface area contributed by atoms with E-state index in [0.29, 0.717) is 22.7 Å². The third-order valence-electron chi connectivity index (χ3n) is 5.44. The van der Waals surface area contributed by atoms with Crippen LogP contribution in [0.15, 0.2) is 28.8 Å². The molecule has 132 valence electrons. The molecule has 4 rings (SSSR count). The molecule has 0 radical (unpaired) electrons. The van der Waals surface area contributed by atoms with Gasteiger partial charge < -0.3 is 15.2 Å². The van der Waals surface area contributed by atoms with Gasteiger partial charge in [-0.05, 0) is 37.4 Å². The first kappa shape index (κ1) is 16.5. The lowest BCUT2D eigenvalue weighted by atomic mass is 9.67. The lowest BCUT2D eigenvalue weighted by Gasteiger charge is -2.36. The number of nitrogens with one attached hydrogen (secondary N) is 2. The van der Waals surface area contributed by atoms with Crippen LogP contribution in [0.5, 0.6) is 0 Å². The molecule has 2 atom stereocenters. The molecule has 2 aromatic rings. The number of carbonyl (C=O) groups excluding carboxylic acids is 1. The van der Waals surface area contributed by atoms with E-state index in [-0.39, 0.29) is 17.9 Å². The van der Waals surface area contributed by atoms with Gasteiger partial charge in [0.05, 0.1) is 12.0 Å². The van der Waals surface area contributed by atoms with Gasteiger partial charge in [-0.25, -0.2) is 0 Å². The van der Waals surface area contributed by atoms with Crippen molar-refractivity contribution >= 4 is 17.5 Å². The maximum Gasteiger partial charge on any atom is 0.246 e. The van der Waals surface area contributed by atoms with Gasteiger partial charge in [0.25, 0.3) is 0 Å². The van der Waals surface area contributed by atoms with E-state index in [1.807, 2.05) is 12.1 Å². The van der Waals surface area contributed by atoms with E-state index in [0.717, 1.165) is 37.9 Å². The lowest BCUT2D eigenvalue weighted by molar-refractivity contribution is -0.134. The van der Waals surface area contributed by atoms with E-state index < -0.39 is 0 Å². The SMILES string of the molecule is O=C(NCc1nc(-c2cccc(Cl)c2)no1)[C@@]12CCCC[C@H]1CNC2. The fourth-order valence-electron chi connectivity index (χ4n) is 4.09. The number of carbonyl (C=O) groups is 1. The summed E-state index contributed by atoms with van der Waals surface area (Å²) in [6, 6.07) is 7.28. The second-order valence-electron chi connectivity index (χ2n) is 6.93. The average molecular weight is 361 g/mol. The normalized spacial score (nSPS) is 25.6. The zero-order valence-electron chi connectivity index (χ0n) is 13.9. The Hall–Kier alpha value is -1.92. The highest BCUT2D eigenvalue weighted by Gasteiger charge is 2.49. The number of fused-ring (bicyclic) bond motifs is 1. The molecule has 1 saturated heterocycles. The van der Waals surface area contributed by atoms with Gasteiger partial charge >= 0.3 is 0 Å². The van der Waals surface area contributed by atoms with Crippen LogP contribution in [0.2, 0.25) is 5.02 Å². The predicted octanol–water partition coefficient (Wildman–Crippen LogP) is 2.79. The Morgan fingerprint density at radius 3 is 3.24 bits per heavy atom. The summed E-state index contributed by atoms with van der Waals surface area (Å²) in [5.74, 6) is 1.41. The molecule has 1 aliphatic heterocycles. The largest absolute Gasteiger partial charge is 0.346 e. The molecule has 7 heteroatoms. The molecule has 0 spiro atoms. The highest BCUT2D eigenvalue weighted by Crippen LogP contribution is 2.43. The molecule has 25 heavy (non-hydrogen) atoms. The summed E-state index contributed by atoms with van der Waals surface area (Å²) < 4.78 is 5.27. The van der Waals surface area contributed by atoms with Crippen LogP contribution in [0, 0.1) is 11.3 Å². The second kappa shape index (κ2) is 6.77. The lowest BCUT2D eigenvalue weighted by Crippen LogP contribution is -2.47. The summed E-state index contributed by atoms with van der Waals surface area (Å²) in [4.78, 5) is 17.2. The van der Waals surface area contributed by atoms with Crippen molar-refractivity contribution in [1.82, 2.24) is 20.8 Å². The summed E-state index contributed by atoms with van der Waals surface area (Å²) in [6.07, 6.45) is 4.41.